The van der Waals surface area contributed by atoms with Gasteiger partial charge in [0.1, 0.15) is 0 Å². The van der Waals surface area contributed by atoms with Crippen LogP contribution < -0.4 is 5.32 Å². The van der Waals surface area contributed by atoms with Crippen LogP contribution >= 0.6 is 12.2 Å². The van der Waals surface area contributed by atoms with Crippen LogP contribution in [0.3, 0.4) is 0 Å². The van der Waals surface area contributed by atoms with E-state index in [9.17, 15) is 0 Å². The standard InChI is InChI=1S/C12H22N2OS/c1-10-4-6-14(7-5-10)12(16)13-9-11-3-2-8-15-11/h10-11H,2-9H2,1H3,(H,13,16). The minimum atomic E-state index is 0.377. The van der Waals surface area contributed by atoms with Gasteiger partial charge in [-0.3, -0.25) is 0 Å². The first kappa shape index (κ1) is 12.1. The minimum absolute atomic E-state index is 0.377. The van der Waals surface area contributed by atoms with Gasteiger partial charge in [-0.1, -0.05) is 6.92 Å². The van der Waals surface area contributed by atoms with Gasteiger partial charge in [-0.15, -0.1) is 0 Å². The summed E-state index contributed by atoms with van der Waals surface area (Å²) in [4.78, 5) is 2.30. The molecule has 0 amide bonds. The van der Waals surface area contributed by atoms with Crippen molar-refractivity contribution in [2.75, 3.05) is 26.2 Å². The largest absolute Gasteiger partial charge is 0.376 e. The van der Waals surface area contributed by atoms with Gasteiger partial charge in [0.25, 0.3) is 0 Å². The van der Waals surface area contributed by atoms with Crippen LogP contribution in [0.25, 0.3) is 0 Å². The van der Waals surface area contributed by atoms with E-state index in [2.05, 4.69) is 17.1 Å². The van der Waals surface area contributed by atoms with E-state index in [1.807, 2.05) is 0 Å². The highest BCUT2D eigenvalue weighted by Gasteiger charge is 2.20. The van der Waals surface area contributed by atoms with E-state index in [0.717, 1.165) is 37.3 Å². The zero-order chi connectivity index (χ0) is 11.4. The van der Waals surface area contributed by atoms with Gasteiger partial charge in [0.2, 0.25) is 0 Å². The number of nitrogens with zero attached hydrogens (tertiary/aromatic N) is 1. The van der Waals surface area contributed by atoms with Crippen LogP contribution in [0.5, 0.6) is 0 Å². The Morgan fingerprint density at radius 1 is 1.38 bits per heavy atom. The molecule has 92 valence electrons. The van der Waals surface area contributed by atoms with Crippen LogP contribution in [0.15, 0.2) is 0 Å². The van der Waals surface area contributed by atoms with E-state index < -0.39 is 0 Å². The Bertz CT molecular complexity index is 233. The Morgan fingerprint density at radius 3 is 2.75 bits per heavy atom. The number of thiocarbonyl (C=S) groups is 1. The Labute approximate surface area is 104 Å². The van der Waals surface area contributed by atoms with Gasteiger partial charge in [0, 0.05) is 26.2 Å². The minimum Gasteiger partial charge on any atom is -0.376 e. The van der Waals surface area contributed by atoms with Gasteiger partial charge in [-0.25, -0.2) is 0 Å². The van der Waals surface area contributed by atoms with Gasteiger partial charge in [0.15, 0.2) is 5.11 Å². The molecule has 0 bridgehead atoms. The molecular formula is C12H22N2OS. The third kappa shape index (κ3) is 3.32. The van der Waals surface area contributed by atoms with Crippen molar-refractivity contribution < 1.29 is 4.74 Å². The summed E-state index contributed by atoms with van der Waals surface area (Å²) in [5.74, 6) is 0.859. The zero-order valence-corrected chi connectivity index (χ0v) is 10.9. The molecule has 2 aliphatic heterocycles. The molecule has 3 nitrogen and oxygen atoms in total. The molecule has 2 saturated heterocycles. The molecule has 0 aliphatic carbocycles. The molecule has 1 unspecified atom stereocenters. The first-order valence-electron chi connectivity index (χ1n) is 6.40. The predicted octanol–water partition coefficient (Wildman–Crippen LogP) is 1.77. The van der Waals surface area contributed by atoms with Crippen LogP contribution in [-0.4, -0.2) is 42.4 Å². The van der Waals surface area contributed by atoms with Crippen molar-refractivity contribution >= 4 is 17.3 Å². The summed E-state index contributed by atoms with van der Waals surface area (Å²) in [6, 6.07) is 0. The van der Waals surface area contributed by atoms with Crippen molar-refractivity contribution in [1.82, 2.24) is 10.2 Å². The average Bonchev–Trinajstić information content (AvgIpc) is 2.80. The lowest BCUT2D eigenvalue weighted by molar-refractivity contribution is 0.113. The molecule has 4 heteroatoms. The second-order valence-corrected chi connectivity index (χ2v) is 5.38. The molecular weight excluding hydrogens is 220 g/mol. The van der Waals surface area contributed by atoms with Gasteiger partial charge in [-0.05, 0) is 43.8 Å². The number of hydrogen-bond donors (Lipinski definition) is 1. The summed E-state index contributed by atoms with van der Waals surface area (Å²) < 4.78 is 5.57. The fraction of sp³-hybridized carbons (Fsp3) is 0.917. The highest BCUT2D eigenvalue weighted by atomic mass is 32.1. The van der Waals surface area contributed by atoms with Crippen molar-refractivity contribution in [3.05, 3.63) is 0 Å². The van der Waals surface area contributed by atoms with E-state index in [1.54, 1.807) is 0 Å². The number of rotatable bonds is 2. The number of hydrogen-bond acceptors (Lipinski definition) is 2. The van der Waals surface area contributed by atoms with Crippen LogP contribution in [-0.2, 0) is 4.74 Å². The highest BCUT2D eigenvalue weighted by Crippen LogP contribution is 2.16. The summed E-state index contributed by atoms with van der Waals surface area (Å²) in [7, 11) is 0. The fourth-order valence-corrected chi connectivity index (χ4v) is 2.60. The first-order valence-corrected chi connectivity index (χ1v) is 6.81. The van der Waals surface area contributed by atoms with Crippen molar-refractivity contribution in [2.45, 2.75) is 38.7 Å². The smallest absolute Gasteiger partial charge is 0.169 e. The van der Waals surface area contributed by atoms with Crippen LogP contribution in [0.4, 0.5) is 0 Å². The molecule has 16 heavy (non-hydrogen) atoms. The summed E-state index contributed by atoms with van der Waals surface area (Å²) in [5.41, 5.74) is 0. The molecule has 0 radical (unpaired) electrons. The van der Waals surface area contributed by atoms with Crippen molar-refractivity contribution in [1.29, 1.82) is 0 Å². The highest BCUT2D eigenvalue weighted by molar-refractivity contribution is 7.80. The number of likely N-dealkylation sites (tertiary alicyclic amines) is 1. The molecule has 2 fully saturated rings. The Balaban J connectivity index is 1.67. The molecule has 2 aliphatic rings. The topological polar surface area (TPSA) is 24.5 Å². The van der Waals surface area contributed by atoms with E-state index in [1.165, 1.54) is 25.7 Å². The van der Waals surface area contributed by atoms with Gasteiger partial charge < -0.3 is 15.0 Å². The molecule has 0 aromatic carbocycles. The van der Waals surface area contributed by atoms with Gasteiger partial charge in [-0.2, -0.15) is 0 Å². The maximum Gasteiger partial charge on any atom is 0.169 e. The van der Waals surface area contributed by atoms with E-state index in [4.69, 9.17) is 17.0 Å². The van der Waals surface area contributed by atoms with Crippen LogP contribution in [0.2, 0.25) is 0 Å². The molecule has 2 rings (SSSR count). The van der Waals surface area contributed by atoms with Crippen molar-refractivity contribution in [3.63, 3.8) is 0 Å². The second kappa shape index (κ2) is 5.82. The lowest BCUT2D eigenvalue weighted by atomic mass is 10.00. The van der Waals surface area contributed by atoms with Crippen LogP contribution in [0.1, 0.15) is 32.6 Å². The Hall–Kier alpha value is -0.350. The third-order valence-corrected chi connectivity index (χ3v) is 3.98. The number of nitrogens with one attached hydrogen (secondary N) is 1. The quantitative estimate of drug-likeness (QED) is 0.746. The third-order valence-electron chi connectivity index (χ3n) is 3.58. The molecule has 0 aromatic heterocycles. The number of ether oxygens (including phenoxy) is 1. The van der Waals surface area contributed by atoms with Crippen molar-refractivity contribution in [2.24, 2.45) is 5.92 Å². The summed E-state index contributed by atoms with van der Waals surface area (Å²) in [6.07, 6.45) is 5.28. The zero-order valence-electron chi connectivity index (χ0n) is 10.1. The summed E-state index contributed by atoms with van der Waals surface area (Å²) in [5, 5.41) is 4.26. The van der Waals surface area contributed by atoms with Gasteiger partial charge in [0.05, 0.1) is 6.10 Å². The van der Waals surface area contributed by atoms with Crippen molar-refractivity contribution in [3.8, 4) is 0 Å². The predicted molar refractivity (Wildman–Crippen MR) is 69.5 cm³/mol. The Morgan fingerprint density at radius 2 is 2.12 bits per heavy atom. The summed E-state index contributed by atoms with van der Waals surface area (Å²) in [6.45, 7) is 6.34. The maximum absolute atomic E-state index is 5.57. The number of piperidine rings is 1. The molecule has 1 N–H and O–H groups in total. The molecule has 1 atom stereocenters. The molecule has 0 aromatic rings. The molecule has 0 spiro atoms. The van der Waals surface area contributed by atoms with E-state index in [0.29, 0.717) is 6.10 Å². The fourth-order valence-electron chi connectivity index (χ4n) is 2.33. The summed E-state index contributed by atoms with van der Waals surface area (Å²) >= 11 is 5.41. The Kier molecular flexibility index (Phi) is 4.41. The van der Waals surface area contributed by atoms with Crippen LogP contribution in [0, 0.1) is 5.92 Å². The first-order chi connectivity index (χ1) is 7.75. The molecule has 0 saturated carbocycles. The second-order valence-electron chi connectivity index (χ2n) is 4.99. The SMILES string of the molecule is CC1CCN(C(=S)NCC2CCCO2)CC1. The lowest BCUT2D eigenvalue weighted by Crippen LogP contribution is -2.45. The van der Waals surface area contributed by atoms with Gasteiger partial charge >= 0.3 is 0 Å². The normalized spacial score (nSPS) is 27.1. The lowest BCUT2D eigenvalue weighted by Gasteiger charge is -2.32. The van der Waals surface area contributed by atoms with E-state index in [-0.39, 0.29) is 0 Å². The molecule has 2 heterocycles. The maximum atomic E-state index is 5.57. The van der Waals surface area contributed by atoms with E-state index >= 15 is 0 Å². The monoisotopic (exact) mass is 242 g/mol. The average molecular weight is 242 g/mol.